The Labute approximate surface area is 104 Å². The van der Waals surface area contributed by atoms with Crippen LogP contribution < -0.4 is 0 Å². The van der Waals surface area contributed by atoms with Crippen LogP contribution in [0.1, 0.15) is 25.5 Å². The van der Waals surface area contributed by atoms with Gasteiger partial charge in [0, 0.05) is 11.6 Å². The van der Waals surface area contributed by atoms with E-state index in [9.17, 15) is 0 Å². The van der Waals surface area contributed by atoms with Gasteiger partial charge in [0.25, 0.3) is 0 Å². The van der Waals surface area contributed by atoms with Crippen LogP contribution in [0.2, 0.25) is 0 Å². The Balaban J connectivity index is 2.60. The maximum Gasteiger partial charge on any atom is 0.128 e. The molecular weight excluding hydrogens is 264 g/mol. The SMILES string of the molecule is Cc1ccccc1-c1cc(Br)nn1C(C)C. The lowest BCUT2D eigenvalue weighted by Gasteiger charge is -2.12. The van der Waals surface area contributed by atoms with Gasteiger partial charge >= 0.3 is 0 Å². The normalized spacial score (nSPS) is 11.1. The molecule has 16 heavy (non-hydrogen) atoms. The second kappa shape index (κ2) is 4.42. The van der Waals surface area contributed by atoms with E-state index in [2.05, 4.69) is 72.1 Å². The number of nitrogens with zero attached hydrogens (tertiary/aromatic N) is 2. The van der Waals surface area contributed by atoms with E-state index in [1.165, 1.54) is 16.8 Å². The van der Waals surface area contributed by atoms with Crippen LogP contribution in [0.3, 0.4) is 0 Å². The summed E-state index contributed by atoms with van der Waals surface area (Å²) in [6.07, 6.45) is 0. The third-order valence-electron chi connectivity index (χ3n) is 2.62. The molecule has 0 bridgehead atoms. The van der Waals surface area contributed by atoms with Crippen molar-refractivity contribution in [2.24, 2.45) is 0 Å². The standard InChI is InChI=1S/C13H15BrN2/c1-9(2)16-12(8-13(14)15-16)11-7-5-4-6-10(11)3/h4-9H,1-3H3. The van der Waals surface area contributed by atoms with Gasteiger partial charge in [0.1, 0.15) is 4.60 Å². The lowest BCUT2D eigenvalue weighted by atomic mass is 10.1. The molecule has 0 aliphatic rings. The molecule has 0 fully saturated rings. The van der Waals surface area contributed by atoms with Crippen molar-refractivity contribution in [2.75, 3.05) is 0 Å². The summed E-state index contributed by atoms with van der Waals surface area (Å²) in [7, 11) is 0. The fraction of sp³-hybridized carbons (Fsp3) is 0.308. The predicted octanol–water partition coefficient (Wildman–Crippen LogP) is 4.20. The molecule has 84 valence electrons. The quantitative estimate of drug-likeness (QED) is 0.805. The van der Waals surface area contributed by atoms with E-state index in [1.807, 2.05) is 4.68 Å². The lowest BCUT2D eigenvalue weighted by Crippen LogP contribution is -2.05. The number of hydrogen-bond acceptors (Lipinski definition) is 1. The molecule has 0 unspecified atom stereocenters. The molecule has 1 aromatic heterocycles. The number of hydrogen-bond donors (Lipinski definition) is 0. The van der Waals surface area contributed by atoms with Crippen molar-refractivity contribution >= 4 is 15.9 Å². The molecule has 0 radical (unpaired) electrons. The third kappa shape index (κ3) is 2.05. The maximum absolute atomic E-state index is 4.46. The molecule has 2 rings (SSSR count). The van der Waals surface area contributed by atoms with Crippen LogP contribution in [0.15, 0.2) is 34.9 Å². The van der Waals surface area contributed by atoms with Gasteiger partial charge in [0.15, 0.2) is 0 Å². The minimum Gasteiger partial charge on any atom is -0.261 e. The molecule has 1 aromatic carbocycles. The highest BCUT2D eigenvalue weighted by atomic mass is 79.9. The van der Waals surface area contributed by atoms with E-state index < -0.39 is 0 Å². The Morgan fingerprint density at radius 1 is 1.25 bits per heavy atom. The Morgan fingerprint density at radius 2 is 1.94 bits per heavy atom. The summed E-state index contributed by atoms with van der Waals surface area (Å²) >= 11 is 3.44. The first-order chi connectivity index (χ1) is 7.59. The lowest BCUT2D eigenvalue weighted by molar-refractivity contribution is 0.535. The molecule has 0 amide bonds. The van der Waals surface area contributed by atoms with E-state index in [0.717, 1.165) is 4.60 Å². The van der Waals surface area contributed by atoms with E-state index in [0.29, 0.717) is 6.04 Å². The number of aryl methyl sites for hydroxylation is 1. The van der Waals surface area contributed by atoms with Crippen molar-refractivity contribution in [3.8, 4) is 11.3 Å². The minimum absolute atomic E-state index is 0.362. The first kappa shape index (κ1) is 11.4. The molecule has 0 spiro atoms. The van der Waals surface area contributed by atoms with Crippen LogP contribution in [0.5, 0.6) is 0 Å². The van der Waals surface area contributed by atoms with Gasteiger partial charge in [0.2, 0.25) is 0 Å². The molecule has 2 aromatic rings. The second-order valence-electron chi connectivity index (χ2n) is 4.21. The van der Waals surface area contributed by atoms with Gasteiger partial charge in [0.05, 0.1) is 5.69 Å². The predicted molar refractivity (Wildman–Crippen MR) is 70.5 cm³/mol. The van der Waals surface area contributed by atoms with Crippen molar-refractivity contribution in [1.29, 1.82) is 0 Å². The van der Waals surface area contributed by atoms with Crippen LogP contribution in [0, 0.1) is 6.92 Å². The van der Waals surface area contributed by atoms with Gasteiger partial charge in [-0.1, -0.05) is 24.3 Å². The summed E-state index contributed by atoms with van der Waals surface area (Å²) in [5, 5.41) is 4.46. The summed E-state index contributed by atoms with van der Waals surface area (Å²) in [6, 6.07) is 10.8. The highest BCUT2D eigenvalue weighted by Gasteiger charge is 2.12. The molecule has 0 saturated heterocycles. The smallest absolute Gasteiger partial charge is 0.128 e. The molecule has 3 heteroatoms. The number of rotatable bonds is 2. The van der Waals surface area contributed by atoms with Crippen LogP contribution in [-0.2, 0) is 0 Å². The van der Waals surface area contributed by atoms with Crippen molar-refractivity contribution in [3.05, 3.63) is 40.5 Å². The van der Waals surface area contributed by atoms with Gasteiger partial charge in [-0.05, 0) is 48.3 Å². The Morgan fingerprint density at radius 3 is 2.56 bits per heavy atom. The Kier molecular flexibility index (Phi) is 3.15. The first-order valence-corrected chi connectivity index (χ1v) is 6.20. The first-order valence-electron chi connectivity index (χ1n) is 5.40. The van der Waals surface area contributed by atoms with Gasteiger partial charge in [-0.25, -0.2) is 0 Å². The third-order valence-corrected chi connectivity index (χ3v) is 3.00. The van der Waals surface area contributed by atoms with Gasteiger partial charge in [-0.3, -0.25) is 4.68 Å². The Hall–Kier alpha value is -1.09. The van der Waals surface area contributed by atoms with Gasteiger partial charge in [-0.2, -0.15) is 5.10 Å². The Bertz CT molecular complexity index is 500. The summed E-state index contributed by atoms with van der Waals surface area (Å²) < 4.78 is 2.94. The molecule has 0 saturated carbocycles. The van der Waals surface area contributed by atoms with Crippen LogP contribution in [0.4, 0.5) is 0 Å². The zero-order valence-corrected chi connectivity index (χ0v) is 11.3. The van der Waals surface area contributed by atoms with Crippen LogP contribution in [0.25, 0.3) is 11.3 Å². The number of benzene rings is 1. The molecule has 2 nitrogen and oxygen atoms in total. The van der Waals surface area contributed by atoms with E-state index in [1.54, 1.807) is 0 Å². The zero-order chi connectivity index (χ0) is 11.7. The monoisotopic (exact) mass is 278 g/mol. The fourth-order valence-electron chi connectivity index (χ4n) is 1.82. The van der Waals surface area contributed by atoms with Crippen LogP contribution >= 0.6 is 15.9 Å². The van der Waals surface area contributed by atoms with Crippen molar-refractivity contribution in [1.82, 2.24) is 9.78 Å². The molecule has 0 aliphatic heterocycles. The molecule has 1 heterocycles. The molecule has 0 aliphatic carbocycles. The number of halogens is 1. The average molecular weight is 279 g/mol. The van der Waals surface area contributed by atoms with Crippen molar-refractivity contribution in [2.45, 2.75) is 26.8 Å². The summed E-state index contributed by atoms with van der Waals surface area (Å²) in [4.78, 5) is 0. The molecular formula is C13H15BrN2. The number of aromatic nitrogens is 2. The maximum atomic E-state index is 4.46. The zero-order valence-electron chi connectivity index (χ0n) is 9.74. The summed E-state index contributed by atoms with van der Waals surface area (Å²) in [6.45, 7) is 6.41. The summed E-state index contributed by atoms with van der Waals surface area (Å²) in [5.41, 5.74) is 3.69. The fourth-order valence-corrected chi connectivity index (χ4v) is 2.21. The van der Waals surface area contributed by atoms with Crippen LogP contribution in [-0.4, -0.2) is 9.78 Å². The van der Waals surface area contributed by atoms with E-state index in [-0.39, 0.29) is 0 Å². The second-order valence-corrected chi connectivity index (χ2v) is 5.02. The largest absolute Gasteiger partial charge is 0.261 e. The highest BCUT2D eigenvalue weighted by Crippen LogP contribution is 2.28. The van der Waals surface area contributed by atoms with E-state index >= 15 is 0 Å². The van der Waals surface area contributed by atoms with Crippen molar-refractivity contribution in [3.63, 3.8) is 0 Å². The molecule has 0 atom stereocenters. The van der Waals surface area contributed by atoms with Gasteiger partial charge in [-0.15, -0.1) is 0 Å². The molecule has 0 N–H and O–H groups in total. The average Bonchev–Trinajstić information content (AvgIpc) is 2.61. The highest BCUT2D eigenvalue weighted by molar-refractivity contribution is 9.10. The minimum atomic E-state index is 0.362. The topological polar surface area (TPSA) is 17.8 Å². The van der Waals surface area contributed by atoms with E-state index in [4.69, 9.17) is 0 Å². The van der Waals surface area contributed by atoms with Crippen molar-refractivity contribution < 1.29 is 0 Å². The summed E-state index contributed by atoms with van der Waals surface area (Å²) in [5.74, 6) is 0. The van der Waals surface area contributed by atoms with Gasteiger partial charge < -0.3 is 0 Å².